The third kappa shape index (κ3) is 22.5. The summed E-state index contributed by atoms with van der Waals surface area (Å²) in [6, 6.07) is 0. The van der Waals surface area contributed by atoms with E-state index in [0.29, 0.717) is 0 Å². The predicted molar refractivity (Wildman–Crippen MR) is 12.2 cm³/mol. The molecule has 0 aliphatic carbocycles. The smallest absolute Gasteiger partial charge is 0 e. The molecule has 0 aliphatic heterocycles. The van der Waals surface area contributed by atoms with Crippen LogP contribution in [0.15, 0.2) is 0 Å². The maximum absolute atomic E-state index is 7.94. The summed E-state index contributed by atoms with van der Waals surface area (Å²) in [5.74, 6) is 0. The van der Waals surface area contributed by atoms with Crippen LogP contribution < -0.4 is 0 Å². The van der Waals surface area contributed by atoms with Gasteiger partial charge in [-0.2, -0.15) is 0 Å². The Morgan fingerprint density at radius 3 is 0.833 bits per heavy atom. The number of hydrogen-bond donors (Lipinski definition) is 0. The van der Waals surface area contributed by atoms with Gasteiger partial charge in [-0.1, -0.05) is 0 Å². The minimum absolute atomic E-state index is 0. The Balaban J connectivity index is -0.000000000833. The van der Waals surface area contributed by atoms with Crippen molar-refractivity contribution in [2.24, 2.45) is 0 Å². The first-order valence-corrected chi connectivity index (χ1v) is 0.561. The minimum Gasteiger partial charge on any atom is 0 e. The van der Waals surface area contributed by atoms with Gasteiger partial charge in [0.2, 0.25) is 0 Å². The van der Waals surface area contributed by atoms with E-state index in [1.807, 2.05) is 0 Å². The Kier molecular flexibility index (Phi) is 152. The van der Waals surface area contributed by atoms with Crippen molar-refractivity contribution in [2.75, 3.05) is 0 Å². The van der Waals surface area contributed by atoms with Crippen LogP contribution in [0.5, 0.6) is 0 Å². The topological polar surface area (TPSA) is 17.1 Å². The first-order valence-electron chi connectivity index (χ1n) is 0.136. The van der Waals surface area contributed by atoms with Gasteiger partial charge < -0.3 is 0 Å². The van der Waals surface area contributed by atoms with Crippen LogP contribution in [0.25, 0.3) is 0 Å². The van der Waals surface area contributed by atoms with Crippen LogP contribution in [0.4, 0.5) is 0 Å². The average molecular weight is 565 g/mol. The molecule has 6 heteroatoms. The maximum atomic E-state index is 7.94. The van der Waals surface area contributed by atoms with Crippen molar-refractivity contribution in [1.82, 2.24) is 0 Å². The zero-order valence-corrected chi connectivity index (χ0v) is 15.4. The van der Waals surface area contributed by atoms with E-state index in [1.165, 1.54) is 0 Å². The van der Waals surface area contributed by atoms with Crippen LogP contribution in [0.3, 0.4) is 0 Å². The second-order valence-electron chi connectivity index (χ2n) is 0. The van der Waals surface area contributed by atoms with Crippen LogP contribution in [0.1, 0.15) is 0 Å². The van der Waals surface area contributed by atoms with Crippen molar-refractivity contribution in [2.45, 2.75) is 0 Å². The van der Waals surface area contributed by atoms with Gasteiger partial charge in [0.25, 0.3) is 0 Å². The standard InChI is InChI=1S/Co.2Gd.O.2Sr. The summed E-state index contributed by atoms with van der Waals surface area (Å²) in [7, 11) is 0. The summed E-state index contributed by atoms with van der Waals surface area (Å²) >= 11 is 2.31. The summed E-state index contributed by atoms with van der Waals surface area (Å²) in [5, 5.41) is 0. The van der Waals surface area contributed by atoms with Crippen LogP contribution in [-0.4, -0.2) is 91.0 Å². The second-order valence-corrected chi connectivity index (χ2v) is 0. The molecular weight excluding hydrogens is 565 g/mol. The fourth-order valence-electron chi connectivity index (χ4n) is 0. The molecule has 1 nitrogen and oxygen atoms in total. The molecule has 6 heavy (non-hydrogen) atoms. The Morgan fingerprint density at radius 2 is 0.833 bits per heavy atom. The molecule has 0 saturated heterocycles. The van der Waals surface area contributed by atoms with Gasteiger partial charge in [-0.15, -0.1) is 0 Å². The first-order chi connectivity index (χ1) is 1.00. The quantitative estimate of drug-likeness (QED) is 0.350. The number of rotatable bonds is 0. The molecule has 0 atom stereocenters. The zero-order chi connectivity index (χ0) is 2.00. The van der Waals surface area contributed by atoms with E-state index in [9.17, 15) is 0 Å². The van der Waals surface area contributed by atoms with E-state index in [1.54, 1.807) is 0 Å². The molecule has 0 N–H and O–H groups in total. The third-order valence-corrected chi connectivity index (χ3v) is 0. The fourth-order valence-corrected chi connectivity index (χ4v) is 0. The molecular formula is CoGd2OSr2. The van der Waals surface area contributed by atoms with Gasteiger partial charge in [-0.25, -0.2) is 0 Å². The molecule has 0 spiro atoms. The monoisotopic (exact) mass is 567 g/mol. The largest absolute Gasteiger partial charge is 0 e. The Hall–Kier alpha value is 5.92. The van der Waals surface area contributed by atoms with Crippen LogP contribution in [0.2, 0.25) is 0 Å². The van der Waals surface area contributed by atoms with Gasteiger partial charge in [0.05, 0.1) is 0 Å². The summed E-state index contributed by atoms with van der Waals surface area (Å²) < 4.78 is 7.94. The van der Waals surface area contributed by atoms with Gasteiger partial charge in [0.15, 0.2) is 0 Å². The van der Waals surface area contributed by atoms with Crippen molar-refractivity contribution in [3.05, 3.63) is 0 Å². The van der Waals surface area contributed by atoms with E-state index in [0.717, 1.165) is 0 Å². The Labute approximate surface area is 184 Å². The molecule has 4 radical (unpaired) electrons. The molecule has 0 aromatic carbocycles. The summed E-state index contributed by atoms with van der Waals surface area (Å²) in [6.07, 6.45) is 0. The van der Waals surface area contributed by atoms with E-state index < -0.39 is 0 Å². The molecule has 0 aromatic rings. The van der Waals surface area contributed by atoms with E-state index in [4.69, 9.17) is 3.87 Å². The normalized spacial score (nSPS) is 0.833. The summed E-state index contributed by atoms with van der Waals surface area (Å²) in [4.78, 5) is 0. The summed E-state index contributed by atoms with van der Waals surface area (Å²) in [5.41, 5.74) is 0. The molecule has 0 amide bonds. The number of hydrogen-bond acceptors (Lipinski definition) is 1. The van der Waals surface area contributed by atoms with Crippen molar-refractivity contribution in [3.8, 4) is 0 Å². The minimum atomic E-state index is 0. The SMILES string of the molecule is [Gd].[Gd].[O]=[Co].[Sr].[Sr]. The van der Waals surface area contributed by atoms with E-state index >= 15 is 0 Å². The van der Waals surface area contributed by atoms with E-state index in [-0.39, 0.29) is 171 Å². The maximum Gasteiger partial charge on any atom is 0 e. The summed E-state index contributed by atoms with van der Waals surface area (Å²) in [6.45, 7) is 0. The second kappa shape index (κ2) is 30.7. The molecule has 0 aromatic heterocycles. The molecule has 0 saturated carbocycles. The molecule has 0 rings (SSSR count). The van der Waals surface area contributed by atoms with Crippen LogP contribution in [-0.2, 0) is 19.5 Å². The van der Waals surface area contributed by atoms with Crippen molar-refractivity contribution >= 4 is 91.0 Å². The predicted octanol–water partition coefficient (Wildman–Crippen LogP) is -0.883. The van der Waals surface area contributed by atoms with Gasteiger partial charge in [0.1, 0.15) is 0 Å². The van der Waals surface area contributed by atoms with Crippen LogP contribution in [0, 0.1) is 79.9 Å². The van der Waals surface area contributed by atoms with Crippen molar-refractivity contribution in [1.29, 1.82) is 0 Å². The van der Waals surface area contributed by atoms with Gasteiger partial charge in [-0.3, -0.25) is 0 Å². The molecule has 0 heterocycles. The molecule has 0 fully saturated rings. The molecule has 0 aliphatic rings. The van der Waals surface area contributed by atoms with Crippen molar-refractivity contribution < 1.29 is 99.4 Å². The van der Waals surface area contributed by atoms with E-state index in [2.05, 4.69) is 15.7 Å². The third-order valence-electron chi connectivity index (χ3n) is 0. The van der Waals surface area contributed by atoms with Crippen LogP contribution >= 0.6 is 0 Å². The first kappa shape index (κ1) is 29.7. The fraction of sp³-hybridized carbons (Fsp3) is 0. The molecule has 0 unspecified atom stereocenters. The Bertz CT molecular complexity index is 11.5. The van der Waals surface area contributed by atoms with Crippen molar-refractivity contribution in [3.63, 3.8) is 0 Å². The molecule has 35 valence electrons. The zero-order valence-electron chi connectivity index (χ0n) is 2.86. The van der Waals surface area contributed by atoms with Gasteiger partial charge >= 0.3 is 19.5 Å². The van der Waals surface area contributed by atoms with Gasteiger partial charge in [-0.05, 0) is 0 Å². The molecule has 0 bridgehead atoms. The van der Waals surface area contributed by atoms with Gasteiger partial charge in [0, 0.05) is 171 Å². The Morgan fingerprint density at radius 1 is 0.833 bits per heavy atom. The average Bonchev–Trinajstić information content (AvgIpc) is 1.00.